The number of benzene rings is 1. The number of hydrogen-bond donors (Lipinski definition) is 4. The van der Waals surface area contributed by atoms with Gasteiger partial charge in [0.15, 0.2) is 22.6 Å². The number of aromatic hydroxyl groups is 1. The van der Waals surface area contributed by atoms with Crippen LogP contribution in [0, 0.1) is 5.41 Å². The van der Waals surface area contributed by atoms with Crippen molar-refractivity contribution in [3.63, 3.8) is 0 Å². The highest BCUT2D eigenvalue weighted by Crippen LogP contribution is 2.38. The number of nitrogens with zero attached hydrogens (tertiary/aromatic N) is 3. The molecule has 1 aliphatic rings. The van der Waals surface area contributed by atoms with Gasteiger partial charge in [-0.15, -0.1) is 8.80 Å². The van der Waals surface area contributed by atoms with Crippen molar-refractivity contribution >= 4 is 54.9 Å². The predicted molar refractivity (Wildman–Crippen MR) is 130 cm³/mol. The van der Waals surface area contributed by atoms with Gasteiger partial charge in [0.05, 0.1) is 17.4 Å². The Hall–Kier alpha value is -2.81. The molecule has 2 aromatic rings. The van der Waals surface area contributed by atoms with Crippen LogP contribution < -0.4 is 16.4 Å². The number of amidine groups is 2. The van der Waals surface area contributed by atoms with Gasteiger partial charge in [-0.1, -0.05) is 20.8 Å². The number of sulfonamides is 1. The summed E-state index contributed by atoms with van der Waals surface area (Å²) in [5, 5.41) is 16.5. The predicted octanol–water partition coefficient (Wildman–Crippen LogP) is 2.32. The van der Waals surface area contributed by atoms with Gasteiger partial charge in [0, 0.05) is 14.1 Å². The van der Waals surface area contributed by atoms with Crippen molar-refractivity contribution in [1.29, 1.82) is 0 Å². The highest BCUT2D eigenvalue weighted by molar-refractivity contribution is 7.90. The maximum absolute atomic E-state index is 12.6. The molecule has 5 N–H and O–H groups in total. The minimum atomic E-state index is -4.24. The Labute approximate surface area is 202 Å². The smallest absolute Gasteiger partial charge is 0.367 e. The quantitative estimate of drug-likeness (QED) is 0.332. The normalized spacial score (nSPS) is 16.8. The van der Waals surface area contributed by atoms with Gasteiger partial charge in [-0.05, 0) is 41.3 Å². The molecule has 0 radical (unpaired) electrons. The molecule has 0 amide bonds. The molecule has 15 heteroatoms. The SMILES string of the molecule is CN(C)S(=O)(=O)c1c(N)ccc(NC2=NS(=O)(=O)N=C2N[C@@H](c2ccc(Cl)o2)C(C)(C)C)c1O. The number of phenols is 1. The Morgan fingerprint density at radius 2 is 1.76 bits per heavy atom. The van der Waals surface area contributed by atoms with Crippen molar-refractivity contribution in [3.05, 3.63) is 35.2 Å². The lowest BCUT2D eigenvalue weighted by Crippen LogP contribution is -2.41. The second-order valence-corrected chi connectivity index (χ2v) is 12.4. The monoisotopic (exact) mass is 532 g/mol. The minimum Gasteiger partial charge on any atom is -0.504 e. The van der Waals surface area contributed by atoms with E-state index in [2.05, 4.69) is 19.4 Å². The molecule has 12 nitrogen and oxygen atoms in total. The first-order valence-corrected chi connectivity index (χ1v) is 13.0. The van der Waals surface area contributed by atoms with Crippen molar-refractivity contribution in [3.8, 4) is 5.75 Å². The van der Waals surface area contributed by atoms with E-state index < -0.39 is 42.3 Å². The average Bonchev–Trinajstić information content (AvgIpc) is 3.22. The van der Waals surface area contributed by atoms with E-state index in [-0.39, 0.29) is 28.3 Å². The van der Waals surface area contributed by atoms with Crippen LogP contribution in [0.4, 0.5) is 11.4 Å². The van der Waals surface area contributed by atoms with Crippen LogP contribution in [0.1, 0.15) is 32.6 Å². The van der Waals surface area contributed by atoms with Crippen LogP contribution in [0.3, 0.4) is 0 Å². The summed E-state index contributed by atoms with van der Waals surface area (Å²) in [6.07, 6.45) is 0. The molecule has 1 aromatic heterocycles. The van der Waals surface area contributed by atoms with E-state index in [4.69, 9.17) is 21.8 Å². The number of hydrogen-bond acceptors (Lipinski definition) is 9. The number of furan rings is 1. The zero-order valence-electron chi connectivity index (χ0n) is 19.0. The Bertz CT molecular complexity index is 1390. The van der Waals surface area contributed by atoms with Crippen molar-refractivity contribution < 1.29 is 26.4 Å². The van der Waals surface area contributed by atoms with Crippen LogP contribution >= 0.6 is 11.6 Å². The lowest BCUT2D eigenvalue weighted by atomic mass is 9.85. The second-order valence-electron chi connectivity index (χ2n) is 8.71. The van der Waals surface area contributed by atoms with Crippen molar-refractivity contribution in [2.24, 2.45) is 14.2 Å². The maximum atomic E-state index is 12.6. The number of nitrogens with one attached hydrogen (secondary N) is 2. The zero-order chi connectivity index (χ0) is 25.6. The molecule has 0 spiro atoms. The summed E-state index contributed by atoms with van der Waals surface area (Å²) in [5.41, 5.74) is 4.97. The Morgan fingerprint density at radius 1 is 1.15 bits per heavy atom. The molecule has 0 saturated heterocycles. The maximum Gasteiger partial charge on any atom is 0.367 e. The Kier molecular flexibility index (Phi) is 6.65. The standard InChI is InChI=1S/C19H25ClN6O6S2/c1-19(2,3)16(12-8-9-13(20)32-12)23-18-17(24-34(30,31)25-18)22-11-7-6-10(21)15(14(11)27)33(28,29)26(4)5/h6-9,16,27H,21H2,1-5H3,(H,22,24)(H,23,25)/t16-/m0/s1. The van der Waals surface area contributed by atoms with E-state index >= 15 is 0 Å². The van der Waals surface area contributed by atoms with Gasteiger partial charge in [0.1, 0.15) is 10.7 Å². The highest BCUT2D eigenvalue weighted by Gasteiger charge is 2.35. The molecule has 0 aliphatic carbocycles. The summed E-state index contributed by atoms with van der Waals surface area (Å²) in [6, 6.07) is 5.16. The topological polar surface area (TPSA) is 180 Å². The zero-order valence-corrected chi connectivity index (χ0v) is 21.4. The fourth-order valence-electron chi connectivity index (χ4n) is 3.12. The summed E-state index contributed by atoms with van der Waals surface area (Å²) >= 11 is 5.91. The number of nitrogen functional groups attached to an aromatic ring is 1. The first-order chi connectivity index (χ1) is 15.5. The number of halogens is 1. The first kappa shape index (κ1) is 25.8. The minimum absolute atomic E-state index is 0.145. The van der Waals surface area contributed by atoms with E-state index in [9.17, 15) is 21.9 Å². The second kappa shape index (κ2) is 8.76. The van der Waals surface area contributed by atoms with Crippen LogP contribution in [0.5, 0.6) is 5.75 Å². The molecule has 1 aromatic carbocycles. The van der Waals surface area contributed by atoms with E-state index in [0.29, 0.717) is 5.76 Å². The lowest BCUT2D eigenvalue weighted by Gasteiger charge is -2.30. The average molecular weight is 533 g/mol. The number of nitrogens with two attached hydrogens (primary N) is 1. The van der Waals surface area contributed by atoms with Gasteiger partial charge >= 0.3 is 10.2 Å². The summed E-state index contributed by atoms with van der Waals surface area (Å²) in [5.74, 6) is -0.704. The molecule has 1 atom stereocenters. The van der Waals surface area contributed by atoms with E-state index in [1.807, 2.05) is 20.8 Å². The van der Waals surface area contributed by atoms with Crippen molar-refractivity contribution in [2.45, 2.75) is 31.7 Å². The third kappa shape index (κ3) is 5.14. The van der Waals surface area contributed by atoms with Crippen LogP contribution in [0.2, 0.25) is 5.22 Å². The molecule has 0 bridgehead atoms. The molecule has 2 heterocycles. The molecule has 0 saturated carbocycles. The first-order valence-electron chi connectivity index (χ1n) is 9.81. The third-order valence-electron chi connectivity index (χ3n) is 4.82. The van der Waals surface area contributed by atoms with Gasteiger partial charge in [0.25, 0.3) is 0 Å². The summed E-state index contributed by atoms with van der Waals surface area (Å²) in [7, 11) is -5.79. The highest BCUT2D eigenvalue weighted by atomic mass is 35.5. The molecule has 186 valence electrons. The fraction of sp³-hybridized carbons (Fsp3) is 0.368. The van der Waals surface area contributed by atoms with Crippen LogP contribution in [-0.2, 0) is 20.2 Å². The lowest BCUT2D eigenvalue weighted by molar-refractivity contribution is 0.264. The van der Waals surface area contributed by atoms with Crippen LogP contribution in [0.25, 0.3) is 0 Å². The van der Waals surface area contributed by atoms with Gasteiger partial charge in [0.2, 0.25) is 10.0 Å². The molecule has 0 unspecified atom stereocenters. The van der Waals surface area contributed by atoms with Gasteiger partial charge in [-0.3, -0.25) is 0 Å². The Balaban J connectivity index is 2.02. The van der Waals surface area contributed by atoms with Crippen molar-refractivity contribution in [2.75, 3.05) is 25.1 Å². The Morgan fingerprint density at radius 3 is 2.29 bits per heavy atom. The van der Waals surface area contributed by atoms with E-state index in [1.54, 1.807) is 12.1 Å². The third-order valence-corrected chi connectivity index (χ3v) is 7.75. The molecular formula is C19H25ClN6O6S2. The number of anilines is 2. The molecular weight excluding hydrogens is 508 g/mol. The van der Waals surface area contributed by atoms with Crippen molar-refractivity contribution in [1.82, 2.24) is 9.62 Å². The molecule has 0 fully saturated rings. The summed E-state index contributed by atoms with van der Waals surface area (Å²) < 4.78 is 63.2. The van der Waals surface area contributed by atoms with Crippen LogP contribution in [0.15, 0.2) is 42.4 Å². The molecule has 1 aliphatic heterocycles. The summed E-state index contributed by atoms with van der Waals surface area (Å²) in [6.45, 7) is 5.67. The van der Waals surface area contributed by atoms with Gasteiger partial charge in [-0.2, -0.15) is 8.42 Å². The fourth-order valence-corrected chi connectivity index (χ4v) is 5.13. The molecule has 34 heavy (non-hydrogen) atoms. The van der Waals surface area contributed by atoms with E-state index in [0.717, 1.165) is 4.31 Å². The van der Waals surface area contributed by atoms with Gasteiger partial charge in [-0.25, -0.2) is 12.7 Å². The van der Waals surface area contributed by atoms with Gasteiger partial charge < -0.3 is 25.9 Å². The molecule has 3 rings (SSSR count). The number of phenolic OH excluding ortho intramolecular Hbond substituents is 1. The summed E-state index contributed by atoms with van der Waals surface area (Å²) in [4.78, 5) is -0.534. The van der Waals surface area contributed by atoms with Crippen LogP contribution in [-0.4, -0.2) is 52.0 Å². The largest absolute Gasteiger partial charge is 0.504 e. The van der Waals surface area contributed by atoms with E-state index in [1.165, 1.54) is 26.2 Å². The number of rotatable bonds is 5.